The highest BCUT2D eigenvalue weighted by Crippen LogP contribution is 2.61. The molecule has 0 radical (unpaired) electrons. The molecule has 3 atom stereocenters. The molecular weight excluding hydrogens is 236 g/mol. The summed E-state index contributed by atoms with van der Waals surface area (Å²) in [4.78, 5) is 0. The number of nitrogens with zero attached hydrogens (tertiary/aromatic N) is 3. The lowest BCUT2D eigenvalue weighted by Crippen LogP contribution is -2.19. The van der Waals surface area contributed by atoms with Gasteiger partial charge in [-0.2, -0.15) is 0 Å². The van der Waals surface area contributed by atoms with Crippen molar-refractivity contribution in [3.63, 3.8) is 0 Å². The van der Waals surface area contributed by atoms with Crippen LogP contribution in [0.4, 0.5) is 0 Å². The topological polar surface area (TPSA) is 56.7 Å². The maximum atomic E-state index is 6.47. The van der Waals surface area contributed by atoms with E-state index in [1.54, 1.807) is 0 Å². The molecule has 98 valence electrons. The minimum absolute atomic E-state index is 0.0745. The third-order valence-electron chi connectivity index (χ3n) is 4.81. The zero-order chi connectivity index (χ0) is 12.8. The lowest BCUT2D eigenvalue weighted by molar-refractivity contribution is 0.484. The van der Waals surface area contributed by atoms with Gasteiger partial charge in [0, 0.05) is 0 Å². The predicted octanol–water partition coefficient (Wildman–Crippen LogP) is 2.31. The summed E-state index contributed by atoms with van der Waals surface area (Å²) in [5, 5.41) is 8.25. The molecular formula is C15H18N4. The summed E-state index contributed by atoms with van der Waals surface area (Å²) in [5.74, 6) is 2.36. The molecule has 0 aliphatic heterocycles. The zero-order valence-corrected chi connectivity index (χ0v) is 10.8. The highest BCUT2D eigenvalue weighted by Gasteiger charge is 2.55. The van der Waals surface area contributed by atoms with Gasteiger partial charge >= 0.3 is 0 Å². The first-order valence-electron chi connectivity index (χ1n) is 7.08. The highest BCUT2D eigenvalue weighted by molar-refractivity contribution is 5.32. The minimum atomic E-state index is 0.0745. The standard InChI is InChI=1S/C15H18N4/c16-15(14-11-7-4-8-12(11)14)13-9-17-18-19(13)10-5-2-1-3-6-10/h1-3,5-6,9,11-12,14-15H,4,7-8,16H2. The smallest absolute Gasteiger partial charge is 0.0816 e. The number of rotatable bonds is 3. The maximum absolute atomic E-state index is 6.47. The van der Waals surface area contributed by atoms with E-state index in [0.717, 1.165) is 23.2 Å². The molecule has 1 heterocycles. The van der Waals surface area contributed by atoms with Crippen LogP contribution < -0.4 is 5.73 Å². The summed E-state index contributed by atoms with van der Waals surface area (Å²) < 4.78 is 1.89. The van der Waals surface area contributed by atoms with E-state index in [9.17, 15) is 0 Å². The quantitative estimate of drug-likeness (QED) is 0.914. The number of para-hydroxylation sites is 1. The van der Waals surface area contributed by atoms with Crippen molar-refractivity contribution in [1.82, 2.24) is 15.0 Å². The van der Waals surface area contributed by atoms with Crippen LogP contribution in [0.2, 0.25) is 0 Å². The number of hydrogen-bond donors (Lipinski definition) is 1. The van der Waals surface area contributed by atoms with Crippen LogP contribution in [0.3, 0.4) is 0 Å². The van der Waals surface area contributed by atoms with E-state index < -0.39 is 0 Å². The molecule has 0 amide bonds. The molecule has 3 unspecified atom stereocenters. The SMILES string of the molecule is NC(c1cnnn1-c1ccccc1)C1C2CCCC21. The molecule has 2 aliphatic carbocycles. The van der Waals surface area contributed by atoms with Crippen LogP contribution in [0.15, 0.2) is 36.5 Å². The summed E-state index contributed by atoms with van der Waals surface area (Å²) in [6, 6.07) is 10.2. The lowest BCUT2D eigenvalue weighted by atomic mass is 10.0. The Morgan fingerprint density at radius 3 is 2.63 bits per heavy atom. The van der Waals surface area contributed by atoms with Gasteiger partial charge in [-0.05, 0) is 42.7 Å². The molecule has 19 heavy (non-hydrogen) atoms. The number of aromatic nitrogens is 3. The van der Waals surface area contributed by atoms with Gasteiger partial charge in [-0.25, -0.2) is 4.68 Å². The third kappa shape index (κ3) is 1.70. The summed E-state index contributed by atoms with van der Waals surface area (Å²) in [5.41, 5.74) is 8.56. The lowest BCUT2D eigenvalue weighted by Gasteiger charge is -2.15. The average Bonchev–Trinajstić information content (AvgIpc) is 2.89. The Bertz CT molecular complexity index is 567. The van der Waals surface area contributed by atoms with Crippen LogP contribution in [0.25, 0.3) is 5.69 Å². The van der Waals surface area contributed by atoms with Gasteiger partial charge in [0.2, 0.25) is 0 Å². The van der Waals surface area contributed by atoms with E-state index in [-0.39, 0.29) is 6.04 Å². The van der Waals surface area contributed by atoms with Gasteiger partial charge in [0.1, 0.15) is 0 Å². The van der Waals surface area contributed by atoms with Crippen LogP contribution in [0.1, 0.15) is 31.0 Å². The molecule has 2 saturated carbocycles. The second kappa shape index (κ2) is 4.17. The van der Waals surface area contributed by atoms with Crippen molar-refractivity contribution in [2.45, 2.75) is 25.3 Å². The van der Waals surface area contributed by atoms with E-state index >= 15 is 0 Å². The fourth-order valence-corrected chi connectivity index (χ4v) is 3.85. The Hall–Kier alpha value is -1.68. The second-order valence-corrected chi connectivity index (χ2v) is 5.77. The summed E-state index contributed by atoms with van der Waals surface area (Å²) in [6.45, 7) is 0. The molecule has 2 aliphatic rings. The molecule has 0 saturated heterocycles. The Labute approximate surface area is 112 Å². The third-order valence-corrected chi connectivity index (χ3v) is 4.81. The minimum Gasteiger partial charge on any atom is -0.322 e. The van der Waals surface area contributed by atoms with Gasteiger partial charge in [-0.3, -0.25) is 0 Å². The number of fused-ring (bicyclic) bond motifs is 1. The summed E-state index contributed by atoms with van der Waals surface area (Å²) in [6.07, 6.45) is 5.92. The first-order valence-corrected chi connectivity index (χ1v) is 7.08. The Morgan fingerprint density at radius 2 is 1.89 bits per heavy atom. The second-order valence-electron chi connectivity index (χ2n) is 5.77. The van der Waals surface area contributed by atoms with E-state index in [2.05, 4.69) is 10.3 Å². The molecule has 2 aromatic rings. The zero-order valence-electron chi connectivity index (χ0n) is 10.8. The number of hydrogen-bond acceptors (Lipinski definition) is 3. The van der Waals surface area contributed by atoms with Crippen LogP contribution in [0, 0.1) is 17.8 Å². The van der Waals surface area contributed by atoms with Gasteiger partial charge in [0.25, 0.3) is 0 Å². The Kier molecular flexibility index (Phi) is 2.45. The van der Waals surface area contributed by atoms with Gasteiger partial charge in [-0.1, -0.05) is 29.8 Å². The predicted molar refractivity (Wildman–Crippen MR) is 72.6 cm³/mol. The number of nitrogens with two attached hydrogens (primary N) is 1. The normalized spacial score (nSPS) is 30.1. The van der Waals surface area contributed by atoms with E-state index in [1.165, 1.54) is 19.3 Å². The molecule has 2 fully saturated rings. The monoisotopic (exact) mass is 254 g/mol. The number of benzene rings is 1. The first kappa shape index (κ1) is 11.2. The van der Waals surface area contributed by atoms with Crippen molar-refractivity contribution < 1.29 is 0 Å². The Morgan fingerprint density at radius 1 is 1.16 bits per heavy atom. The molecule has 0 spiro atoms. The average molecular weight is 254 g/mol. The van der Waals surface area contributed by atoms with Crippen molar-refractivity contribution >= 4 is 0 Å². The van der Waals surface area contributed by atoms with Gasteiger partial charge in [-0.15, -0.1) is 5.10 Å². The largest absolute Gasteiger partial charge is 0.322 e. The molecule has 4 rings (SSSR count). The maximum Gasteiger partial charge on any atom is 0.0816 e. The molecule has 1 aromatic heterocycles. The van der Waals surface area contributed by atoms with Crippen molar-refractivity contribution in [3.8, 4) is 5.69 Å². The van der Waals surface area contributed by atoms with Crippen molar-refractivity contribution in [2.75, 3.05) is 0 Å². The van der Waals surface area contributed by atoms with Crippen molar-refractivity contribution in [2.24, 2.45) is 23.5 Å². The van der Waals surface area contributed by atoms with Gasteiger partial charge in [0.05, 0.1) is 23.6 Å². The highest BCUT2D eigenvalue weighted by atomic mass is 15.4. The molecule has 4 heteroatoms. The Balaban J connectivity index is 1.64. The van der Waals surface area contributed by atoms with Gasteiger partial charge in [0.15, 0.2) is 0 Å². The fourth-order valence-electron chi connectivity index (χ4n) is 3.85. The summed E-state index contributed by atoms with van der Waals surface area (Å²) >= 11 is 0. The van der Waals surface area contributed by atoms with Crippen LogP contribution >= 0.6 is 0 Å². The van der Waals surface area contributed by atoms with Crippen molar-refractivity contribution in [3.05, 3.63) is 42.2 Å². The van der Waals surface area contributed by atoms with E-state index in [4.69, 9.17) is 5.73 Å². The van der Waals surface area contributed by atoms with Crippen LogP contribution in [0.5, 0.6) is 0 Å². The van der Waals surface area contributed by atoms with E-state index in [0.29, 0.717) is 5.92 Å². The van der Waals surface area contributed by atoms with Crippen molar-refractivity contribution in [1.29, 1.82) is 0 Å². The molecule has 2 N–H and O–H groups in total. The summed E-state index contributed by atoms with van der Waals surface area (Å²) in [7, 11) is 0. The first-order chi connectivity index (χ1) is 9.36. The molecule has 0 bridgehead atoms. The molecule has 1 aromatic carbocycles. The van der Waals surface area contributed by atoms with Gasteiger partial charge < -0.3 is 5.73 Å². The molecule has 4 nitrogen and oxygen atoms in total. The van der Waals surface area contributed by atoms with Crippen LogP contribution in [-0.2, 0) is 0 Å². The van der Waals surface area contributed by atoms with E-state index in [1.807, 2.05) is 41.2 Å². The van der Waals surface area contributed by atoms with Crippen LogP contribution in [-0.4, -0.2) is 15.0 Å². The fraction of sp³-hybridized carbons (Fsp3) is 0.467.